The standard InChI is InChI=1S/C15H26N2/c1-5-13(3)12-17(4)15-10-8-7-9-14(15)11-16-6-2/h7-10,13,16H,5-6,11-12H2,1-4H3. The second-order valence-electron chi connectivity index (χ2n) is 4.80. The predicted octanol–water partition coefficient (Wildman–Crippen LogP) is 3.28. The van der Waals surface area contributed by atoms with Crippen molar-refractivity contribution in [2.24, 2.45) is 5.92 Å². The quantitative estimate of drug-likeness (QED) is 0.779. The smallest absolute Gasteiger partial charge is 0.0409 e. The maximum atomic E-state index is 3.40. The molecule has 17 heavy (non-hydrogen) atoms. The van der Waals surface area contributed by atoms with Gasteiger partial charge in [0.2, 0.25) is 0 Å². The summed E-state index contributed by atoms with van der Waals surface area (Å²) in [5.74, 6) is 0.743. The molecule has 1 N–H and O–H groups in total. The average molecular weight is 234 g/mol. The molecule has 1 aromatic carbocycles. The summed E-state index contributed by atoms with van der Waals surface area (Å²) in [5, 5.41) is 3.40. The molecular formula is C15H26N2. The van der Waals surface area contributed by atoms with Gasteiger partial charge in [0.25, 0.3) is 0 Å². The summed E-state index contributed by atoms with van der Waals surface area (Å²) >= 11 is 0. The first-order chi connectivity index (χ1) is 8.19. The minimum Gasteiger partial charge on any atom is -0.374 e. The number of rotatable bonds is 7. The Morgan fingerprint density at radius 3 is 2.59 bits per heavy atom. The Hall–Kier alpha value is -1.02. The number of nitrogens with zero attached hydrogens (tertiary/aromatic N) is 1. The van der Waals surface area contributed by atoms with E-state index in [4.69, 9.17) is 0 Å². The van der Waals surface area contributed by atoms with Gasteiger partial charge in [-0.2, -0.15) is 0 Å². The summed E-state index contributed by atoms with van der Waals surface area (Å²) in [7, 11) is 2.19. The topological polar surface area (TPSA) is 15.3 Å². The minimum atomic E-state index is 0.743. The van der Waals surface area contributed by atoms with Crippen molar-refractivity contribution < 1.29 is 0 Å². The van der Waals surface area contributed by atoms with Crippen LogP contribution >= 0.6 is 0 Å². The first-order valence-electron chi connectivity index (χ1n) is 6.68. The van der Waals surface area contributed by atoms with Gasteiger partial charge in [0.05, 0.1) is 0 Å². The number of hydrogen-bond acceptors (Lipinski definition) is 2. The van der Waals surface area contributed by atoms with Crippen molar-refractivity contribution >= 4 is 5.69 Å². The first kappa shape index (κ1) is 14.0. The van der Waals surface area contributed by atoms with E-state index in [1.807, 2.05) is 0 Å². The van der Waals surface area contributed by atoms with Gasteiger partial charge in [0, 0.05) is 25.8 Å². The fraction of sp³-hybridized carbons (Fsp3) is 0.600. The van der Waals surface area contributed by atoms with Gasteiger partial charge in [-0.1, -0.05) is 45.4 Å². The van der Waals surface area contributed by atoms with Gasteiger partial charge >= 0.3 is 0 Å². The summed E-state index contributed by atoms with van der Waals surface area (Å²) in [5.41, 5.74) is 2.74. The maximum Gasteiger partial charge on any atom is 0.0409 e. The molecule has 1 unspecified atom stereocenters. The van der Waals surface area contributed by atoms with Crippen LogP contribution in [-0.2, 0) is 6.54 Å². The normalized spacial score (nSPS) is 12.5. The zero-order valence-corrected chi connectivity index (χ0v) is 11.7. The van der Waals surface area contributed by atoms with Gasteiger partial charge in [-0.25, -0.2) is 0 Å². The van der Waals surface area contributed by atoms with Gasteiger partial charge in [0.1, 0.15) is 0 Å². The molecule has 0 aliphatic heterocycles. The van der Waals surface area contributed by atoms with Crippen molar-refractivity contribution in [2.45, 2.75) is 33.7 Å². The average Bonchev–Trinajstić information content (AvgIpc) is 2.36. The highest BCUT2D eigenvalue weighted by atomic mass is 15.1. The van der Waals surface area contributed by atoms with E-state index in [2.05, 4.69) is 62.3 Å². The Morgan fingerprint density at radius 2 is 1.94 bits per heavy atom. The van der Waals surface area contributed by atoms with Crippen LogP contribution in [0.4, 0.5) is 5.69 Å². The highest BCUT2D eigenvalue weighted by Crippen LogP contribution is 2.20. The van der Waals surface area contributed by atoms with Crippen LogP contribution < -0.4 is 10.2 Å². The molecule has 0 saturated carbocycles. The largest absolute Gasteiger partial charge is 0.374 e. The van der Waals surface area contributed by atoms with E-state index < -0.39 is 0 Å². The van der Waals surface area contributed by atoms with E-state index in [-0.39, 0.29) is 0 Å². The number of hydrogen-bond donors (Lipinski definition) is 1. The van der Waals surface area contributed by atoms with Crippen LogP contribution in [-0.4, -0.2) is 20.1 Å². The van der Waals surface area contributed by atoms with Crippen LogP contribution in [0.2, 0.25) is 0 Å². The Bertz CT molecular complexity index is 322. The van der Waals surface area contributed by atoms with Crippen molar-refractivity contribution in [2.75, 3.05) is 25.0 Å². The summed E-state index contributed by atoms with van der Waals surface area (Å²) in [6.07, 6.45) is 1.24. The molecule has 0 amide bonds. The van der Waals surface area contributed by atoms with Gasteiger partial charge in [0.15, 0.2) is 0 Å². The molecule has 0 heterocycles. The van der Waals surface area contributed by atoms with Crippen molar-refractivity contribution in [3.05, 3.63) is 29.8 Å². The molecule has 1 atom stereocenters. The molecule has 0 spiro atoms. The number of para-hydroxylation sites is 1. The van der Waals surface area contributed by atoms with E-state index in [9.17, 15) is 0 Å². The highest BCUT2D eigenvalue weighted by Gasteiger charge is 2.09. The van der Waals surface area contributed by atoms with Gasteiger partial charge in [-0.3, -0.25) is 0 Å². The SMILES string of the molecule is CCNCc1ccccc1N(C)CC(C)CC. The van der Waals surface area contributed by atoms with E-state index in [0.717, 1.165) is 25.6 Å². The molecular weight excluding hydrogens is 208 g/mol. The van der Waals surface area contributed by atoms with Crippen LogP contribution in [0.25, 0.3) is 0 Å². The number of anilines is 1. The molecule has 0 bridgehead atoms. The van der Waals surface area contributed by atoms with Crippen LogP contribution in [0.15, 0.2) is 24.3 Å². The van der Waals surface area contributed by atoms with Gasteiger partial charge in [-0.15, -0.1) is 0 Å². The van der Waals surface area contributed by atoms with Crippen molar-refractivity contribution in [1.82, 2.24) is 5.32 Å². The molecule has 0 aliphatic carbocycles. The monoisotopic (exact) mass is 234 g/mol. The van der Waals surface area contributed by atoms with Crippen molar-refractivity contribution in [1.29, 1.82) is 0 Å². The third-order valence-electron chi connectivity index (χ3n) is 3.25. The Labute approximate surface area is 106 Å². The van der Waals surface area contributed by atoms with Crippen LogP contribution in [0, 0.1) is 5.92 Å². The molecule has 0 fully saturated rings. The van der Waals surface area contributed by atoms with Gasteiger partial charge in [-0.05, 0) is 24.1 Å². The van der Waals surface area contributed by atoms with Crippen LogP contribution in [0.1, 0.15) is 32.8 Å². The van der Waals surface area contributed by atoms with Crippen LogP contribution in [0.5, 0.6) is 0 Å². The summed E-state index contributed by atoms with van der Waals surface area (Å²) in [6.45, 7) is 9.80. The molecule has 0 aliphatic rings. The van der Waals surface area contributed by atoms with E-state index in [1.54, 1.807) is 0 Å². The first-order valence-corrected chi connectivity index (χ1v) is 6.68. The second-order valence-corrected chi connectivity index (χ2v) is 4.80. The third kappa shape index (κ3) is 4.39. The minimum absolute atomic E-state index is 0.743. The molecule has 2 heteroatoms. The molecule has 1 aromatic rings. The lowest BCUT2D eigenvalue weighted by molar-refractivity contribution is 0.558. The van der Waals surface area contributed by atoms with Gasteiger partial charge < -0.3 is 10.2 Å². The molecule has 0 saturated heterocycles. The Morgan fingerprint density at radius 1 is 1.24 bits per heavy atom. The Kier molecular flexibility index (Phi) is 6.06. The maximum absolute atomic E-state index is 3.40. The lowest BCUT2D eigenvalue weighted by Crippen LogP contribution is -2.25. The van der Waals surface area contributed by atoms with Crippen molar-refractivity contribution in [3.8, 4) is 0 Å². The van der Waals surface area contributed by atoms with E-state index >= 15 is 0 Å². The predicted molar refractivity (Wildman–Crippen MR) is 76.5 cm³/mol. The number of benzene rings is 1. The second kappa shape index (κ2) is 7.33. The highest BCUT2D eigenvalue weighted by molar-refractivity contribution is 5.53. The molecule has 0 aromatic heterocycles. The van der Waals surface area contributed by atoms with E-state index in [0.29, 0.717) is 0 Å². The zero-order chi connectivity index (χ0) is 12.7. The molecule has 96 valence electrons. The molecule has 1 rings (SSSR count). The fourth-order valence-electron chi connectivity index (χ4n) is 1.99. The lowest BCUT2D eigenvalue weighted by atomic mass is 10.1. The van der Waals surface area contributed by atoms with Crippen molar-refractivity contribution in [3.63, 3.8) is 0 Å². The summed E-state index contributed by atoms with van der Waals surface area (Å²) in [6, 6.07) is 8.67. The fourth-order valence-corrected chi connectivity index (χ4v) is 1.99. The Balaban J connectivity index is 2.73. The van der Waals surface area contributed by atoms with Crippen LogP contribution in [0.3, 0.4) is 0 Å². The molecule has 0 radical (unpaired) electrons. The number of nitrogens with one attached hydrogen (secondary N) is 1. The zero-order valence-electron chi connectivity index (χ0n) is 11.7. The van der Waals surface area contributed by atoms with E-state index in [1.165, 1.54) is 17.7 Å². The summed E-state index contributed by atoms with van der Waals surface area (Å²) in [4.78, 5) is 2.38. The lowest BCUT2D eigenvalue weighted by Gasteiger charge is -2.25. The molecule has 2 nitrogen and oxygen atoms in total. The summed E-state index contributed by atoms with van der Waals surface area (Å²) < 4.78 is 0. The third-order valence-corrected chi connectivity index (χ3v) is 3.25.